The van der Waals surface area contributed by atoms with Crippen LogP contribution < -0.4 is 0 Å². The summed E-state index contributed by atoms with van der Waals surface area (Å²) < 4.78 is 23.3. The summed E-state index contributed by atoms with van der Waals surface area (Å²) >= 11 is 13.7. The lowest BCUT2D eigenvalue weighted by atomic mass is 10.1. The van der Waals surface area contributed by atoms with E-state index in [9.17, 15) is 19.5 Å². The van der Waals surface area contributed by atoms with Crippen molar-refractivity contribution in [3.8, 4) is 0 Å². The molecule has 2 aliphatic heterocycles. The van der Waals surface area contributed by atoms with Gasteiger partial charge in [0.25, 0.3) is 0 Å². The SMILES string of the molecule is C.C=CC(O)CCCCO[C@@H]1CCN(C(=O)OC(C)(C)C)C1.CC(C)(C)OC(=O)N1CC[C@@H](OCCCCC(=O)CCc2cccnc2Cl)C1.Clc1ncccc1I. The zero-order chi connectivity index (χ0) is 42.4. The molecule has 58 heavy (non-hydrogen) atoms. The number of aromatic nitrogens is 2. The van der Waals surface area contributed by atoms with Crippen LogP contribution in [0, 0.1) is 3.57 Å². The average Bonchev–Trinajstić information content (AvgIpc) is 3.82. The smallest absolute Gasteiger partial charge is 0.410 e. The van der Waals surface area contributed by atoms with Crippen molar-refractivity contribution in [1.29, 1.82) is 0 Å². The van der Waals surface area contributed by atoms with Crippen molar-refractivity contribution in [1.82, 2.24) is 19.8 Å². The van der Waals surface area contributed by atoms with Crippen molar-refractivity contribution >= 4 is 63.8 Å². The van der Waals surface area contributed by atoms with Gasteiger partial charge in [-0.05, 0) is 139 Å². The third-order valence-electron chi connectivity index (χ3n) is 8.54. The molecular weight excluding hydrogens is 898 g/mol. The van der Waals surface area contributed by atoms with Crippen LogP contribution in [0.3, 0.4) is 0 Å². The summed E-state index contributed by atoms with van der Waals surface area (Å²) in [6.45, 7) is 18.5. The number of carbonyl (C=O) groups excluding carboxylic acids is 3. The Hall–Kier alpha value is -2.56. The van der Waals surface area contributed by atoms with Crippen LogP contribution >= 0.6 is 45.8 Å². The Morgan fingerprint density at radius 3 is 1.79 bits per heavy atom. The number of hydrogen-bond donors (Lipinski definition) is 1. The van der Waals surface area contributed by atoms with E-state index >= 15 is 0 Å². The second-order valence-electron chi connectivity index (χ2n) is 15.9. The van der Waals surface area contributed by atoms with Crippen LogP contribution in [0.5, 0.6) is 0 Å². The molecule has 0 saturated carbocycles. The molecule has 2 amide bonds. The van der Waals surface area contributed by atoms with Crippen molar-refractivity contribution in [3.63, 3.8) is 0 Å². The van der Waals surface area contributed by atoms with Crippen LogP contribution in [0.25, 0.3) is 0 Å². The van der Waals surface area contributed by atoms with E-state index in [2.05, 4.69) is 39.1 Å². The zero-order valence-corrected chi connectivity index (χ0v) is 38.2. The van der Waals surface area contributed by atoms with Gasteiger partial charge in [0.05, 0.1) is 35.0 Å². The first kappa shape index (κ1) is 53.5. The molecule has 3 atom stereocenters. The molecule has 2 aliphatic rings. The fourth-order valence-electron chi connectivity index (χ4n) is 5.58. The lowest BCUT2D eigenvalue weighted by Crippen LogP contribution is -2.36. The highest BCUT2D eigenvalue weighted by Gasteiger charge is 2.31. The number of amides is 2. The van der Waals surface area contributed by atoms with Gasteiger partial charge in [0.15, 0.2) is 0 Å². The topological polar surface area (TPSA) is 141 Å². The lowest BCUT2D eigenvalue weighted by Gasteiger charge is -2.24. The first-order valence-electron chi connectivity index (χ1n) is 19.7. The van der Waals surface area contributed by atoms with Crippen LogP contribution in [0.15, 0.2) is 49.3 Å². The maximum Gasteiger partial charge on any atom is 0.410 e. The Balaban J connectivity index is 0.000000491. The van der Waals surface area contributed by atoms with E-state index in [4.69, 9.17) is 42.1 Å². The van der Waals surface area contributed by atoms with Gasteiger partial charge >= 0.3 is 12.2 Å². The van der Waals surface area contributed by atoms with E-state index in [1.54, 1.807) is 28.3 Å². The lowest BCUT2D eigenvalue weighted by molar-refractivity contribution is -0.119. The van der Waals surface area contributed by atoms with Gasteiger partial charge in [0.2, 0.25) is 0 Å². The second kappa shape index (κ2) is 28.1. The van der Waals surface area contributed by atoms with Crippen molar-refractivity contribution < 1.29 is 38.4 Å². The average molecular weight is 966 g/mol. The van der Waals surface area contributed by atoms with Crippen LogP contribution in [0.4, 0.5) is 9.59 Å². The summed E-state index contributed by atoms with van der Waals surface area (Å²) in [5.74, 6) is 0.233. The number of rotatable bonds is 16. The molecule has 0 spiro atoms. The number of carbonyl (C=O) groups is 3. The Morgan fingerprint density at radius 2 is 1.34 bits per heavy atom. The first-order valence-corrected chi connectivity index (χ1v) is 21.6. The standard InChI is InChI=1S/C21H31ClN2O4.C16H29NO4.C5H3ClIN.CH4/c1-21(2,3)28-20(26)24-13-11-18(15-24)27-14-5-4-8-17(25)10-9-16-7-6-12-23-19(16)22;1-5-13(18)8-6-7-11-20-14-9-10-17(12-14)15(19)21-16(2,3)4;6-5-4(7)2-1-3-8-5;/h6-7,12,18H,4-5,8-11,13-15H2,1-3H3;5,13-14,18H,1,6-12H2,2-4H3;1-3H;1H4/t18-;13?,14-;;/m11../s1. The van der Waals surface area contributed by atoms with Gasteiger partial charge in [-0.15, -0.1) is 6.58 Å². The molecular formula is C43H67Cl2IN4O8. The van der Waals surface area contributed by atoms with E-state index in [-0.39, 0.29) is 37.6 Å². The van der Waals surface area contributed by atoms with Crippen molar-refractivity contribution in [2.24, 2.45) is 0 Å². The maximum atomic E-state index is 12.0. The fourth-order valence-corrected chi connectivity index (χ4v) is 6.26. The summed E-state index contributed by atoms with van der Waals surface area (Å²) in [6.07, 6.45) is 11.6. The number of hydrogen-bond acceptors (Lipinski definition) is 10. The predicted octanol–water partition coefficient (Wildman–Crippen LogP) is 10.1. The number of likely N-dealkylation sites (tertiary alicyclic amines) is 2. The Morgan fingerprint density at radius 1 is 0.845 bits per heavy atom. The minimum Gasteiger partial charge on any atom is -0.444 e. The Labute approximate surface area is 370 Å². The molecule has 2 aromatic heterocycles. The summed E-state index contributed by atoms with van der Waals surface area (Å²) in [5, 5.41) is 10.4. The van der Waals surface area contributed by atoms with E-state index in [0.29, 0.717) is 69.0 Å². The molecule has 0 bridgehead atoms. The number of nitrogens with zero attached hydrogens (tertiary/aromatic N) is 4. The largest absolute Gasteiger partial charge is 0.444 e. The maximum absolute atomic E-state index is 12.0. The number of pyridine rings is 2. The van der Waals surface area contributed by atoms with Crippen LogP contribution in [0.2, 0.25) is 10.3 Å². The number of ether oxygens (including phenoxy) is 4. The van der Waals surface area contributed by atoms with Crippen molar-refractivity contribution in [3.05, 3.63) is 68.8 Å². The molecule has 2 saturated heterocycles. The highest BCUT2D eigenvalue weighted by Crippen LogP contribution is 2.20. The highest BCUT2D eigenvalue weighted by molar-refractivity contribution is 14.1. The van der Waals surface area contributed by atoms with Gasteiger partial charge in [-0.25, -0.2) is 19.6 Å². The first-order chi connectivity index (χ1) is 26.9. The van der Waals surface area contributed by atoms with Crippen LogP contribution in [0.1, 0.15) is 112 Å². The van der Waals surface area contributed by atoms with E-state index in [0.717, 1.165) is 54.1 Å². The summed E-state index contributed by atoms with van der Waals surface area (Å²) in [6, 6.07) is 7.50. The molecule has 1 N–H and O–H groups in total. The van der Waals surface area contributed by atoms with Crippen LogP contribution in [-0.4, -0.2) is 112 Å². The molecule has 4 rings (SSSR count). The number of aryl methyl sites for hydroxylation is 1. The molecule has 2 fully saturated rings. The molecule has 1 unspecified atom stereocenters. The molecule has 15 heteroatoms. The van der Waals surface area contributed by atoms with Gasteiger partial charge in [-0.2, -0.15) is 0 Å². The second-order valence-corrected chi connectivity index (χ2v) is 17.8. The molecule has 328 valence electrons. The summed E-state index contributed by atoms with van der Waals surface area (Å²) in [7, 11) is 0. The number of aliphatic hydroxyl groups excluding tert-OH is 1. The van der Waals surface area contributed by atoms with Gasteiger partial charge in [0, 0.05) is 51.5 Å². The van der Waals surface area contributed by atoms with Gasteiger partial charge < -0.3 is 33.9 Å². The minimum atomic E-state index is -0.481. The molecule has 0 aromatic carbocycles. The van der Waals surface area contributed by atoms with E-state index < -0.39 is 17.3 Å². The van der Waals surface area contributed by atoms with Gasteiger partial charge in [-0.1, -0.05) is 42.8 Å². The van der Waals surface area contributed by atoms with E-state index in [1.807, 2.05) is 65.8 Å². The number of halogens is 3. The quantitative estimate of drug-likeness (QED) is 0.0748. The zero-order valence-electron chi connectivity index (χ0n) is 34.5. The number of ketones is 1. The Bertz CT molecular complexity index is 1500. The van der Waals surface area contributed by atoms with Crippen LogP contribution in [-0.2, 0) is 30.2 Å². The fraction of sp³-hybridized carbons (Fsp3) is 0.651. The number of aliphatic hydroxyl groups is 1. The molecule has 4 heterocycles. The third kappa shape index (κ3) is 23.9. The Kier molecular flexibility index (Phi) is 25.9. The monoisotopic (exact) mass is 964 g/mol. The molecule has 0 radical (unpaired) electrons. The molecule has 0 aliphatic carbocycles. The normalized spacial score (nSPS) is 16.9. The third-order valence-corrected chi connectivity index (χ3v) is 10.4. The summed E-state index contributed by atoms with van der Waals surface area (Å²) in [5.41, 5.74) is -0.0240. The van der Waals surface area contributed by atoms with Crippen molar-refractivity contribution in [2.75, 3.05) is 39.4 Å². The number of unbranched alkanes of at least 4 members (excludes halogenated alkanes) is 2. The number of Topliss-reactive ketones (excluding diaryl/α,β-unsaturated/α-hetero) is 1. The van der Waals surface area contributed by atoms with Crippen molar-refractivity contribution in [2.45, 2.75) is 143 Å². The molecule has 12 nitrogen and oxygen atoms in total. The highest BCUT2D eigenvalue weighted by atomic mass is 127. The minimum absolute atomic E-state index is 0. The van der Waals surface area contributed by atoms with Gasteiger partial charge in [0.1, 0.15) is 27.3 Å². The van der Waals surface area contributed by atoms with E-state index in [1.165, 1.54) is 0 Å². The summed E-state index contributed by atoms with van der Waals surface area (Å²) in [4.78, 5) is 47.2. The van der Waals surface area contributed by atoms with Gasteiger partial charge in [-0.3, -0.25) is 4.79 Å². The molecule has 2 aromatic rings. The predicted molar refractivity (Wildman–Crippen MR) is 240 cm³/mol.